The van der Waals surface area contributed by atoms with Crippen molar-refractivity contribution in [3.63, 3.8) is 0 Å². The maximum Gasteiger partial charge on any atom is 0.290 e. The first-order valence-corrected chi connectivity index (χ1v) is 7.50. The summed E-state index contributed by atoms with van der Waals surface area (Å²) >= 11 is 0. The molecule has 3 aromatic rings. The largest absolute Gasteiger partial charge is 0.493 e. The van der Waals surface area contributed by atoms with Crippen molar-refractivity contribution in [2.75, 3.05) is 11.9 Å². The quantitative estimate of drug-likeness (QED) is 0.748. The van der Waals surface area contributed by atoms with Crippen LogP contribution in [-0.2, 0) is 6.42 Å². The summed E-state index contributed by atoms with van der Waals surface area (Å²) in [7, 11) is 0. The van der Waals surface area contributed by atoms with E-state index in [1.54, 1.807) is 6.07 Å². The minimum absolute atomic E-state index is 0.191. The number of amides is 1. The highest BCUT2D eigenvalue weighted by Gasteiger charge is 2.19. The molecule has 9 nitrogen and oxygen atoms in total. The molecule has 1 aliphatic heterocycles. The van der Waals surface area contributed by atoms with E-state index in [0.29, 0.717) is 29.5 Å². The number of anilines is 1. The van der Waals surface area contributed by atoms with Crippen LogP contribution in [0.2, 0.25) is 0 Å². The number of hydrogen-bond acceptors (Lipinski definition) is 6. The van der Waals surface area contributed by atoms with Crippen LogP contribution in [0.3, 0.4) is 0 Å². The number of aromatic nitrogens is 6. The number of carbonyl (C=O) groups excluding carboxylic acids is 1. The van der Waals surface area contributed by atoms with Crippen LogP contribution in [0.4, 0.5) is 5.69 Å². The number of nitrogens with zero attached hydrogens (tertiary/aromatic N) is 5. The van der Waals surface area contributed by atoms with Gasteiger partial charge >= 0.3 is 0 Å². The van der Waals surface area contributed by atoms with Crippen LogP contribution < -0.4 is 10.1 Å². The first-order chi connectivity index (χ1) is 11.6. The fourth-order valence-corrected chi connectivity index (χ4v) is 2.78. The topological polar surface area (TPSA) is 111 Å². The van der Waals surface area contributed by atoms with E-state index in [1.165, 1.54) is 4.68 Å². The molecule has 0 atom stereocenters. The summed E-state index contributed by atoms with van der Waals surface area (Å²) in [4.78, 5) is 12.6. The normalized spacial score (nSPS) is 12.8. The van der Waals surface area contributed by atoms with Gasteiger partial charge in [0.25, 0.3) is 11.9 Å². The predicted molar refractivity (Wildman–Crippen MR) is 84.4 cm³/mol. The summed E-state index contributed by atoms with van der Waals surface area (Å²) in [6.07, 6.45) is 0.824. The SMILES string of the molecule is Cc1nn(-c2nn[nH]n2)c(C)c1NC(=O)c1ccc2c(c1)CCO2. The monoisotopic (exact) mass is 325 g/mol. The Labute approximate surface area is 137 Å². The molecule has 9 heteroatoms. The number of tetrazole rings is 1. The third kappa shape index (κ3) is 2.30. The summed E-state index contributed by atoms with van der Waals surface area (Å²) in [6, 6.07) is 5.46. The molecule has 0 aliphatic carbocycles. The second-order valence-electron chi connectivity index (χ2n) is 5.54. The minimum Gasteiger partial charge on any atom is -0.493 e. The zero-order valence-electron chi connectivity index (χ0n) is 13.2. The Bertz CT molecular complexity index is 914. The number of aromatic amines is 1. The van der Waals surface area contributed by atoms with Crippen LogP contribution in [0.15, 0.2) is 18.2 Å². The Balaban J connectivity index is 1.62. The standard InChI is InChI=1S/C15H15N7O2/c1-8-13(9(2)22(19-8)15-17-20-21-18-15)16-14(23)11-3-4-12-10(7-11)5-6-24-12/h3-4,7H,5-6H2,1-2H3,(H,16,23)(H,17,18,20,21). The third-order valence-corrected chi connectivity index (χ3v) is 4.01. The van der Waals surface area contributed by atoms with Crippen LogP contribution in [0.1, 0.15) is 27.3 Å². The molecule has 2 aromatic heterocycles. The van der Waals surface area contributed by atoms with Gasteiger partial charge in [-0.3, -0.25) is 4.79 Å². The predicted octanol–water partition coefficient (Wildman–Crippen LogP) is 1.19. The maximum atomic E-state index is 12.6. The summed E-state index contributed by atoms with van der Waals surface area (Å²) in [5.74, 6) is 0.984. The number of rotatable bonds is 3. The number of H-pyrrole nitrogens is 1. The lowest BCUT2D eigenvalue weighted by Gasteiger charge is -2.07. The molecule has 3 heterocycles. The average molecular weight is 325 g/mol. The number of fused-ring (bicyclic) bond motifs is 1. The van der Waals surface area contributed by atoms with E-state index in [0.717, 1.165) is 23.4 Å². The Morgan fingerprint density at radius 3 is 3.04 bits per heavy atom. The molecule has 0 bridgehead atoms. The lowest BCUT2D eigenvalue weighted by Crippen LogP contribution is -2.13. The number of benzene rings is 1. The van der Waals surface area contributed by atoms with Gasteiger partial charge in [-0.25, -0.2) is 0 Å². The van der Waals surface area contributed by atoms with Gasteiger partial charge in [0.15, 0.2) is 0 Å². The second kappa shape index (κ2) is 5.44. The van der Waals surface area contributed by atoms with Crippen LogP contribution in [0.25, 0.3) is 5.95 Å². The minimum atomic E-state index is -0.191. The van der Waals surface area contributed by atoms with Gasteiger partial charge in [0.05, 0.1) is 23.7 Å². The van der Waals surface area contributed by atoms with E-state index in [4.69, 9.17) is 4.74 Å². The highest BCUT2D eigenvalue weighted by atomic mass is 16.5. The molecule has 1 aliphatic rings. The molecule has 0 radical (unpaired) electrons. The van der Waals surface area contributed by atoms with E-state index in [9.17, 15) is 4.79 Å². The second-order valence-corrected chi connectivity index (χ2v) is 5.54. The molecule has 0 spiro atoms. The van der Waals surface area contributed by atoms with Crippen molar-refractivity contribution in [2.24, 2.45) is 0 Å². The summed E-state index contributed by atoms with van der Waals surface area (Å²) < 4.78 is 7.00. The molecule has 0 unspecified atom stereocenters. The maximum absolute atomic E-state index is 12.6. The van der Waals surface area contributed by atoms with Crippen molar-refractivity contribution in [3.05, 3.63) is 40.7 Å². The Kier molecular flexibility index (Phi) is 3.26. The van der Waals surface area contributed by atoms with Gasteiger partial charge < -0.3 is 10.1 Å². The molecule has 24 heavy (non-hydrogen) atoms. The fourth-order valence-electron chi connectivity index (χ4n) is 2.78. The number of carbonyl (C=O) groups is 1. The molecule has 122 valence electrons. The summed E-state index contributed by atoms with van der Waals surface area (Å²) in [6.45, 7) is 4.31. The fraction of sp³-hybridized carbons (Fsp3) is 0.267. The Morgan fingerprint density at radius 2 is 2.25 bits per heavy atom. The van der Waals surface area contributed by atoms with Gasteiger partial charge in [-0.15, -0.1) is 5.10 Å². The van der Waals surface area contributed by atoms with Crippen LogP contribution in [0, 0.1) is 13.8 Å². The van der Waals surface area contributed by atoms with E-state index < -0.39 is 0 Å². The van der Waals surface area contributed by atoms with Gasteiger partial charge in [0, 0.05) is 12.0 Å². The lowest BCUT2D eigenvalue weighted by molar-refractivity contribution is 0.102. The van der Waals surface area contributed by atoms with E-state index in [2.05, 4.69) is 31.0 Å². The molecule has 1 aromatic carbocycles. The number of ether oxygens (including phenoxy) is 1. The number of aryl methyl sites for hydroxylation is 1. The number of hydrogen-bond donors (Lipinski definition) is 2. The molecule has 2 N–H and O–H groups in total. The van der Waals surface area contributed by atoms with Crippen molar-refractivity contribution in [3.8, 4) is 11.7 Å². The van der Waals surface area contributed by atoms with Gasteiger partial charge in [-0.2, -0.15) is 15.0 Å². The Hall–Kier alpha value is -3.23. The van der Waals surface area contributed by atoms with E-state index in [-0.39, 0.29) is 5.91 Å². The van der Waals surface area contributed by atoms with Crippen molar-refractivity contribution >= 4 is 11.6 Å². The molecular weight excluding hydrogens is 310 g/mol. The van der Waals surface area contributed by atoms with Crippen LogP contribution in [-0.4, -0.2) is 42.9 Å². The van der Waals surface area contributed by atoms with Crippen molar-refractivity contribution < 1.29 is 9.53 Å². The third-order valence-electron chi connectivity index (χ3n) is 4.01. The summed E-state index contributed by atoms with van der Waals surface area (Å²) in [5, 5.41) is 21.0. The first kappa shape index (κ1) is 14.4. The van der Waals surface area contributed by atoms with Crippen molar-refractivity contribution in [2.45, 2.75) is 20.3 Å². The van der Waals surface area contributed by atoms with Gasteiger partial charge in [0.1, 0.15) is 5.75 Å². The van der Waals surface area contributed by atoms with Crippen molar-refractivity contribution in [1.82, 2.24) is 30.4 Å². The molecular formula is C15H15N7O2. The number of nitrogens with one attached hydrogen (secondary N) is 2. The molecule has 1 amide bonds. The van der Waals surface area contributed by atoms with Crippen LogP contribution >= 0.6 is 0 Å². The lowest BCUT2D eigenvalue weighted by atomic mass is 10.1. The highest BCUT2D eigenvalue weighted by molar-refractivity contribution is 6.05. The van der Waals surface area contributed by atoms with Crippen molar-refractivity contribution in [1.29, 1.82) is 0 Å². The Morgan fingerprint density at radius 1 is 1.38 bits per heavy atom. The molecule has 0 saturated carbocycles. The molecule has 0 fully saturated rings. The van der Waals surface area contributed by atoms with Gasteiger partial charge in [-0.1, -0.05) is 5.10 Å². The summed E-state index contributed by atoms with van der Waals surface area (Å²) in [5.41, 5.74) is 3.69. The highest BCUT2D eigenvalue weighted by Crippen LogP contribution is 2.27. The van der Waals surface area contributed by atoms with E-state index in [1.807, 2.05) is 26.0 Å². The zero-order chi connectivity index (χ0) is 16.7. The van der Waals surface area contributed by atoms with Crippen LogP contribution in [0.5, 0.6) is 5.75 Å². The van der Waals surface area contributed by atoms with Gasteiger partial charge in [0.2, 0.25) is 0 Å². The van der Waals surface area contributed by atoms with Gasteiger partial charge in [-0.05, 0) is 42.8 Å². The first-order valence-electron chi connectivity index (χ1n) is 7.50. The van der Waals surface area contributed by atoms with E-state index >= 15 is 0 Å². The molecule has 0 saturated heterocycles. The average Bonchev–Trinajstić information content (AvgIpc) is 3.30. The molecule has 4 rings (SSSR count). The zero-order valence-corrected chi connectivity index (χ0v) is 13.2. The smallest absolute Gasteiger partial charge is 0.290 e.